The molecule has 22 heavy (non-hydrogen) atoms. The Balaban J connectivity index is 1.65. The number of rotatable bonds is 5. The second-order valence-electron chi connectivity index (χ2n) is 5.26. The maximum Gasteiger partial charge on any atom is 0.240 e. The van der Waals surface area contributed by atoms with Gasteiger partial charge in [-0.3, -0.25) is 0 Å². The molecule has 5 nitrogen and oxygen atoms in total. The number of ether oxygens (including phenoxy) is 1. The van der Waals surface area contributed by atoms with Crippen LogP contribution in [0, 0.1) is 0 Å². The molecule has 0 saturated heterocycles. The van der Waals surface area contributed by atoms with Crippen molar-refractivity contribution in [1.82, 2.24) is 4.72 Å². The number of nitrogen functional groups attached to an aromatic ring is 1. The fraction of sp³-hybridized carbons (Fsp3) is 0.250. The molecular formula is C16H18N2O3S. The number of nitrogens with two attached hydrogens (primary N) is 1. The summed E-state index contributed by atoms with van der Waals surface area (Å²) in [6, 6.07) is 12.4. The predicted octanol–water partition coefficient (Wildman–Crippen LogP) is 1.72. The molecule has 0 bridgehead atoms. The second kappa shape index (κ2) is 5.98. The average molecular weight is 318 g/mol. The van der Waals surface area contributed by atoms with Crippen molar-refractivity contribution in [2.75, 3.05) is 18.9 Å². The van der Waals surface area contributed by atoms with Gasteiger partial charge in [-0.05, 0) is 47.9 Å². The maximum absolute atomic E-state index is 12.3. The molecule has 2 aromatic carbocycles. The molecule has 0 spiro atoms. The summed E-state index contributed by atoms with van der Waals surface area (Å²) in [6.07, 6.45) is 1.37. The minimum Gasteiger partial charge on any atom is -0.493 e. The largest absolute Gasteiger partial charge is 0.493 e. The highest BCUT2D eigenvalue weighted by atomic mass is 32.2. The summed E-state index contributed by atoms with van der Waals surface area (Å²) in [4.78, 5) is 0.286. The minimum absolute atomic E-state index is 0.286. The first kappa shape index (κ1) is 14.9. The highest BCUT2D eigenvalue weighted by Crippen LogP contribution is 2.27. The Morgan fingerprint density at radius 3 is 2.68 bits per heavy atom. The van der Waals surface area contributed by atoms with Crippen molar-refractivity contribution in [3.05, 3.63) is 53.6 Å². The number of hydrogen-bond acceptors (Lipinski definition) is 4. The van der Waals surface area contributed by atoms with Gasteiger partial charge in [-0.25, -0.2) is 13.1 Å². The quantitative estimate of drug-likeness (QED) is 0.823. The highest BCUT2D eigenvalue weighted by molar-refractivity contribution is 7.89. The third-order valence-corrected chi connectivity index (χ3v) is 5.12. The molecule has 3 rings (SSSR count). The van der Waals surface area contributed by atoms with E-state index in [1.165, 1.54) is 0 Å². The van der Waals surface area contributed by atoms with E-state index < -0.39 is 10.0 Å². The molecule has 2 aromatic rings. The lowest BCUT2D eigenvalue weighted by Gasteiger charge is -2.08. The van der Waals surface area contributed by atoms with Gasteiger partial charge in [0.05, 0.1) is 11.5 Å². The molecule has 116 valence electrons. The lowest BCUT2D eigenvalue weighted by molar-refractivity contribution is 0.356. The molecule has 6 heteroatoms. The van der Waals surface area contributed by atoms with E-state index in [9.17, 15) is 8.42 Å². The molecule has 1 aliphatic rings. The van der Waals surface area contributed by atoms with Gasteiger partial charge in [-0.2, -0.15) is 0 Å². The van der Waals surface area contributed by atoms with Gasteiger partial charge in [0.25, 0.3) is 0 Å². The summed E-state index contributed by atoms with van der Waals surface area (Å²) >= 11 is 0. The topological polar surface area (TPSA) is 81.4 Å². The van der Waals surface area contributed by atoms with Crippen molar-refractivity contribution in [3.63, 3.8) is 0 Å². The van der Waals surface area contributed by atoms with E-state index >= 15 is 0 Å². The Morgan fingerprint density at radius 1 is 1.14 bits per heavy atom. The fourth-order valence-corrected chi connectivity index (χ4v) is 3.51. The summed E-state index contributed by atoms with van der Waals surface area (Å²) in [7, 11) is -3.49. The molecule has 1 aliphatic heterocycles. The molecule has 0 fully saturated rings. The van der Waals surface area contributed by atoms with E-state index in [-0.39, 0.29) is 4.90 Å². The van der Waals surface area contributed by atoms with E-state index in [2.05, 4.69) is 4.72 Å². The van der Waals surface area contributed by atoms with Gasteiger partial charge in [0.1, 0.15) is 5.75 Å². The first-order valence-electron chi connectivity index (χ1n) is 7.14. The first-order chi connectivity index (χ1) is 10.5. The lowest BCUT2D eigenvalue weighted by Crippen LogP contribution is -2.26. The molecular weight excluding hydrogens is 300 g/mol. The van der Waals surface area contributed by atoms with Crippen LogP contribution in [0.15, 0.2) is 47.4 Å². The summed E-state index contributed by atoms with van der Waals surface area (Å²) in [6.45, 7) is 0.962. The standard InChI is InChI=1S/C16H18N2O3S/c17-14-3-1-12(2-4-14)7-9-18-22(19,20)15-5-6-16-13(11-15)8-10-21-16/h1-6,11,18H,7-10,17H2. The van der Waals surface area contributed by atoms with Crippen molar-refractivity contribution in [3.8, 4) is 5.75 Å². The van der Waals surface area contributed by atoms with Crippen molar-refractivity contribution in [2.24, 2.45) is 0 Å². The first-order valence-corrected chi connectivity index (χ1v) is 8.63. The number of anilines is 1. The van der Waals surface area contributed by atoms with Crippen LogP contribution in [0.1, 0.15) is 11.1 Å². The SMILES string of the molecule is Nc1ccc(CCNS(=O)(=O)c2ccc3c(c2)CCO3)cc1. The Labute approximate surface area is 130 Å². The van der Waals surface area contributed by atoms with Crippen molar-refractivity contribution in [1.29, 1.82) is 0 Å². The molecule has 3 N–H and O–H groups in total. The average Bonchev–Trinajstić information content (AvgIpc) is 2.96. The Bertz CT molecular complexity index is 770. The Kier molecular flexibility index (Phi) is 4.04. The molecule has 0 radical (unpaired) electrons. The van der Waals surface area contributed by atoms with Crippen molar-refractivity contribution in [2.45, 2.75) is 17.7 Å². The Morgan fingerprint density at radius 2 is 1.91 bits per heavy atom. The zero-order valence-electron chi connectivity index (χ0n) is 12.1. The summed E-state index contributed by atoms with van der Waals surface area (Å²) in [5.74, 6) is 0.779. The molecule has 0 amide bonds. The van der Waals surface area contributed by atoms with Gasteiger partial charge in [-0.15, -0.1) is 0 Å². The number of benzene rings is 2. The predicted molar refractivity (Wildman–Crippen MR) is 85.4 cm³/mol. The normalized spacial score (nSPS) is 13.6. The van der Waals surface area contributed by atoms with Crippen LogP contribution in [0.25, 0.3) is 0 Å². The van der Waals surface area contributed by atoms with Crippen LogP contribution in [0.3, 0.4) is 0 Å². The number of nitrogens with one attached hydrogen (secondary N) is 1. The number of sulfonamides is 1. The van der Waals surface area contributed by atoms with Crippen LogP contribution in [0.2, 0.25) is 0 Å². The molecule has 1 heterocycles. The molecule has 0 unspecified atom stereocenters. The van der Waals surface area contributed by atoms with Gasteiger partial charge < -0.3 is 10.5 Å². The van der Waals surface area contributed by atoms with E-state index in [1.54, 1.807) is 18.2 Å². The highest BCUT2D eigenvalue weighted by Gasteiger charge is 2.18. The van der Waals surface area contributed by atoms with Crippen LogP contribution in [0.4, 0.5) is 5.69 Å². The summed E-state index contributed by atoms with van der Waals surface area (Å²) in [5.41, 5.74) is 8.31. The van der Waals surface area contributed by atoms with E-state index in [4.69, 9.17) is 10.5 Å². The maximum atomic E-state index is 12.3. The van der Waals surface area contributed by atoms with Crippen LogP contribution in [0.5, 0.6) is 5.75 Å². The molecule has 0 atom stereocenters. The zero-order valence-corrected chi connectivity index (χ0v) is 12.9. The summed E-state index contributed by atoms with van der Waals surface area (Å²) in [5, 5.41) is 0. The second-order valence-corrected chi connectivity index (χ2v) is 7.02. The minimum atomic E-state index is -3.49. The van der Waals surface area contributed by atoms with Gasteiger partial charge in [0.15, 0.2) is 0 Å². The zero-order chi connectivity index (χ0) is 15.6. The van der Waals surface area contributed by atoms with Crippen LogP contribution >= 0.6 is 0 Å². The van der Waals surface area contributed by atoms with Crippen LogP contribution in [-0.4, -0.2) is 21.6 Å². The lowest BCUT2D eigenvalue weighted by atomic mass is 10.1. The third kappa shape index (κ3) is 3.23. The molecule has 0 saturated carbocycles. The number of hydrogen-bond donors (Lipinski definition) is 2. The number of fused-ring (bicyclic) bond motifs is 1. The van der Waals surface area contributed by atoms with E-state index in [0.29, 0.717) is 25.3 Å². The smallest absolute Gasteiger partial charge is 0.240 e. The fourth-order valence-electron chi connectivity index (χ4n) is 2.43. The molecule has 0 aromatic heterocycles. The van der Waals surface area contributed by atoms with E-state index in [1.807, 2.05) is 24.3 Å². The Hall–Kier alpha value is -2.05. The van der Waals surface area contributed by atoms with Gasteiger partial charge >= 0.3 is 0 Å². The monoisotopic (exact) mass is 318 g/mol. The van der Waals surface area contributed by atoms with Crippen molar-refractivity contribution >= 4 is 15.7 Å². The van der Waals surface area contributed by atoms with Gasteiger partial charge in [0.2, 0.25) is 10.0 Å². The van der Waals surface area contributed by atoms with Gasteiger partial charge in [0, 0.05) is 18.7 Å². The van der Waals surface area contributed by atoms with Crippen LogP contribution in [-0.2, 0) is 22.9 Å². The van der Waals surface area contributed by atoms with E-state index in [0.717, 1.165) is 23.3 Å². The third-order valence-electron chi connectivity index (χ3n) is 3.66. The van der Waals surface area contributed by atoms with Gasteiger partial charge in [-0.1, -0.05) is 12.1 Å². The summed E-state index contributed by atoms with van der Waals surface area (Å²) < 4.78 is 32.6. The van der Waals surface area contributed by atoms with Crippen molar-refractivity contribution < 1.29 is 13.2 Å². The molecule has 0 aliphatic carbocycles. The van der Waals surface area contributed by atoms with Crippen LogP contribution < -0.4 is 15.2 Å².